The highest BCUT2D eigenvalue weighted by molar-refractivity contribution is 5.98. The molecule has 11 rings (SSSR count). The number of fused-ring (bicyclic) bond motifs is 5. The summed E-state index contributed by atoms with van der Waals surface area (Å²) in [6.07, 6.45) is 1.96. The summed E-state index contributed by atoms with van der Waals surface area (Å²) in [7, 11) is 0. The number of imidazole rings is 1. The zero-order valence-electron chi connectivity index (χ0n) is 40.2. The van der Waals surface area contributed by atoms with Gasteiger partial charge in [-0.2, -0.15) is 4.57 Å². The van der Waals surface area contributed by atoms with Crippen LogP contribution in [0.2, 0.25) is 0 Å². The molecule has 0 amide bonds. The smallest absolute Gasteiger partial charge is 0.392 e. The molecule has 4 heteroatoms. The Morgan fingerprint density at radius 2 is 1.38 bits per heavy atom. The predicted molar refractivity (Wildman–Crippen MR) is 235 cm³/mol. The van der Waals surface area contributed by atoms with E-state index in [1.54, 1.807) is 0 Å². The van der Waals surface area contributed by atoms with Crippen molar-refractivity contribution in [2.24, 2.45) is 0 Å². The lowest BCUT2D eigenvalue weighted by Crippen LogP contribution is -2.78. The molecule has 6 aromatic carbocycles. The van der Waals surface area contributed by atoms with Crippen molar-refractivity contribution in [2.75, 3.05) is 0 Å². The van der Waals surface area contributed by atoms with Gasteiger partial charge in [0.2, 0.25) is 5.69 Å². The Hall–Kier alpha value is -6.26. The number of para-hydroxylation sites is 2. The van der Waals surface area contributed by atoms with Gasteiger partial charge in [0, 0.05) is 30.2 Å². The minimum Gasteiger partial charge on any atom is -0.392 e. The molecule has 0 aliphatic carbocycles. The van der Waals surface area contributed by atoms with Crippen molar-refractivity contribution >= 4 is 11.0 Å². The molecule has 5 heterocycles. The molecule has 4 nitrogen and oxygen atoms in total. The first-order valence-electron chi connectivity index (χ1n) is 23.2. The van der Waals surface area contributed by atoms with E-state index >= 15 is 0 Å². The molecule has 0 saturated carbocycles. The van der Waals surface area contributed by atoms with E-state index in [0.717, 1.165) is 78.3 Å². The maximum Gasteiger partial charge on any atom is 0.499 e. The van der Waals surface area contributed by atoms with Crippen molar-refractivity contribution in [3.05, 3.63) is 168 Å². The summed E-state index contributed by atoms with van der Waals surface area (Å²) in [5.74, 6) is -0.454. The van der Waals surface area contributed by atoms with E-state index < -0.39 is 17.8 Å². The predicted octanol–water partition coefficient (Wildman–Crippen LogP) is 12.5. The Morgan fingerprint density at radius 3 is 2.12 bits per heavy atom. The molecule has 8 aromatic rings. The minimum absolute atomic E-state index is 0.0200. The molecular weight excluding hydrogens is 707 g/mol. The van der Waals surface area contributed by atoms with Gasteiger partial charge in [-0.05, 0) is 98.6 Å². The lowest BCUT2D eigenvalue weighted by molar-refractivity contribution is -0.997. The van der Waals surface area contributed by atoms with E-state index in [4.69, 9.17) is 13.0 Å². The van der Waals surface area contributed by atoms with E-state index in [0.29, 0.717) is 11.3 Å². The van der Waals surface area contributed by atoms with Gasteiger partial charge < -0.3 is 4.74 Å². The van der Waals surface area contributed by atoms with Crippen LogP contribution in [0.15, 0.2) is 146 Å². The van der Waals surface area contributed by atoms with Gasteiger partial charge in [-0.15, -0.1) is 9.13 Å². The van der Waals surface area contributed by atoms with Crippen LogP contribution < -0.4 is 13.9 Å². The molecule has 284 valence electrons. The lowest BCUT2D eigenvalue weighted by Gasteiger charge is -2.32. The third-order valence-electron chi connectivity index (χ3n) is 12.4. The van der Waals surface area contributed by atoms with Gasteiger partial charge in [0.15, 0.2) is 17.2 Å². The van der Waals surface area contributed by atoms with Crippen LogP contribution in [-0.4, -0.2) is 4.57 Å². The number of aromatic nitrogens is 3. The van der Waals surface area contributed by atoms with Crippen LogP contribution in [0.25, 0.3) is 72.7 Å². The van der Waals surface area contributed by atoms with Gasteiger partial charge in [-0.25, -0.2) is 0 Å². The SMILES string of the molecule is [2H]c1c([2H])c([2H])c(-c2cc[n+]3c(c2)-c2cc(C(C)(C)C)cc4c2C32Oc3ccccc3-c3n(-c5ccc(C([2H])(C)C)cc5-c5ccc(C(C)(C)C)cc5)c5cccc-4c5[n+]32)c([2H])c1[2H]. The molecule has 3 aliphatic rings. The van der Waals surface area contributed by atoms with Crippen LogP contribution in [0.5, 0.6) is 5.75 Å². The van der Waals surface area contributed by atoms with Crippen LogP contribution in [-0.2, 0) is 16.7 Å². The number of rotatable bonds is 4. The third-order valence-corrected chi connectivity index (χ3v) is 12.4. The van der Waals surface area contributed by atoms with E-state index in [-0.39, 0.29) is 40.6 Å². The summed E-state index contributed by atoms with van der Waals surface area (Å²) in [6.45, 7) is 17.2. The molecule has 0 fully saturated rings. The highest BCUT2D eigenvalue weighted by Crippen LogP contribution is 2.54. The number of ether oxygens (including phenoxy) is 1. The number of hydrogen-bond acceptors (Lipinski definition) is 1. The summed E-state index contributed by atoms with van der Waals surface area (Å²) in [6, 6.07) is 36.8. The van der Waals surface area contributed by atoms with Crippen LogP contribution in [0.4, 0.5) is 0 Å². The molecule has 3 aliphatic heterocycles. The Morgan fingerprint density at radius 1 is 0.655 bits per heavy atom. The maximum atomic E-state index is 9.14. The summed E-state index contributed by atoms with van der Waals surface area (Å²) < 4.78 is 66.8. The molecule has 1 spiro atoms. The second-order valence-electron chi connectivity index (χ2n) is 18.3. The molecule has 0 radical (unpaired) electrons. The van der Waals surface area contributed by atoms with Gasteiger partial charge in [0.05, 0.1) is 12.4 Å². The van der Waals surface area contributed by atoms with E-state index in [1.165, 1.54) is 5.56 Å². The summed E-state index contributed by atoms with van der Waals surface area (Å²) in [4.78, 5) is 0. The topological polar surface area (TPSA) is 21.9 Å². The zero-order chi connectivity index (χ0) is 45.2. The van der Waals surface area contributed by atoms with Crippen LogP contribution in [0.1, 0.15) is 91.8 Å². The highest BCUT2D eigenvalue weighted by Gasteiger charge is 2.68. The number of nitrogens with zero attached hydrogens (tertiary/aromatic N) is 3. The molecule has 58 heavy (non-hydrogen) atoms. The number of pyridine rings is 1. The first-order valence-corrected chi connectivity index (χ1v) is 20.2. The van der Waals surface area contributed by atoms with Gasteiger partial charge in [-0.3, -0.25) is 0 Å². The van der Waals surface area contributed by atoms with E-state index in [1.807, 2.05) is 50.4 Å². The minimum atomic E-state index is -1.26. The fraction of sp³-hybridized carbons (Fsp3) is 0.222. The summed E-state index contributed by atoms with van der Waals surface area (Å²) in [5.41, 5.74) is 14.5. The molecule has 1 unspecified atom stereocenters. The Kier molecular flexibility index (Phi) is 5.95. The Balaban J connectivity index is 1.28. The van der Waals surface area contributed by atoms with E-state index in [9.17, 15) is 0 Å². The Bertz CT molecular complexity index is 3340. The number of hydrogen-bond donors (Lipinski definition) is 0. The zero-order valence-corrected chi connectivity index (χ0v) is 34.2. The second-order valence-corrected chi connectivity index (χ2v) is 18.3. The summed E-state index contributed by atoms with van der Waals surface area (Å²) in [5, 5.41) is 0. The van der Waals surface area contributed by atoms with Gasteiger partial charge >= 0.3 is 11.7 Å². The Labute approximate surface area is 350 Å². The van der Waals surface area contributed by atoms with Crippen molar-refractivity contribution < 1.29 is 22.1 Å². The molecule has 0 saturated heterocycles. The van der Waals surface area contributed by atoms with Crippen molar-refractivity contribution in [1.82, 2.24) is 4.57 Å². The van der Waals surface area contributed by atoms with Crippen LogP contribution in [0, 0.1) is 0 Å². The quantitative estimate of drug-likeness (QED) is 0.164. The molecular formula is C54H49N3O+2. The van der Waals surface area contributed by atoms with Crippen LogP contribution in [0.3, 0.4) is 0 Å². The highest BCUT2D eigenvalue weighted by atomic mass is 16.5. The van der Waals surface area contributed by atoms with Gasteiger partial charge in [0.25, 0.3) is 0 Å². The third kappa shape index (κ3) is 4.75. The van der Waals surface area contributed by atoms with Crippen molar-refractivity contribution in [1.29, 1.82) is 0 Å². The molecule has 0 N–H and O–H groups in total. The molecule has 2 aromatic heterocycles. The molecule has 0 bridgehead atoms. The lowest BCUT2D eigenvalue weighted by atomic mass is 9.80. The fourth-order valence-corrected chi connectivity index (χ4v) is 9.43. The number of benzene rings is 6. The average Bonchev–Trinajstić information content (AvgIpc) is 3.75. The molecule has 1 atom stereocenters. The largest absolute Gasteiger partial charge is 0.499 e. The monoisotopic (exact) mass is 761 g/mol. The van der Waals surface area contributed by atoms with Gasteiger partial charge in [-0.1, -0.05) is 134 Å². The van der Waals surface area contributed by atoms with Crippen molar-refractivity contribution in [3.8, 4) is 67.5 Å². The fourth-order valence-electron chi connectivity index (χ4n) is 9.43. The van der Waals surface area contributed by atoms with Crippen LogP contribution >= 0.6 is 0 Å². The average molecular weight is 762 g/mol. The standard InChI is InChI=1S/C54H49N3O/c1-33(2)36-23-26-45(42(29-36)35-21-24-38(25-22-35)52(3,4)5)56-46-19-14-18-40-43-31-39(53(6,7)8)32-44-47-30-37(34-15-10-9-11-16-34)27-28-55(47)54(49(43)44)57(50(40)46)51(56)41-17-12-13-20-48(41)58-54/h9-33H,1-8H3/q+2/i9D,10D,11D,15D,16D,33D. The van der Waals surface area contributed by atoms with Crippen molar-refractivity contribution in [3.63, 3.8) is 0 Å². The van der Waals surface area contributed by atoms with Gasteiger partial charge in [0.1, 0.15) is 22.6 Å². The summed E-state index contributed by atoms with van der Waals surface area (Å²) >= 11 is 0. The first kappa shape index (κ1) is 29.0. The maximum absolute atomic E-state index is 9.14. The van der Waals surface area contributed by atoms with E-state index in [2.05, 4.69) is 134 Å². The van der Waals surface area contributed by atoms with Crippen molar-refractivity contribution in [2.45, 2.75) is 78.0 Å². The normalized spacial score (nSPS) is 17.6. The first-order chi connectivity index (χ1) is 30.2. The second kappa shape index (κ2) is 11.9.